The summed E-state index contributed by atoms with van der Waals surface area (Å²) in [6.45, 7) is 1.91. The van der Waals surface area contributed by atoms with Crippen molar-refractivity contribution in [3.63, 3.8) is 0 Å². The Labute approximate surface area is 88.5 Å². The lowest BCUT2D eigenvalue weighted by molar-refractivity contribution is -0.123. The highest BCUT2D eigenvalue weighted by atomic mass is 19.1. The van der Waals surface area contributed by atoms with Crippen LogP contribution in [0.1, 0.15) is 24.9 Å². The zero-order valence-electron chi connectivity index (χ0n) is 8.61. The average molecular weight is 207 g/mol. The molecule has 2 nitrogen and oxygen atoms in total. The standard InChI is InChI=1S/C12H14FNO/c1-8(9-5-3-2-4-6-9)14-12(15)10-7-11(10)13/h2-6,8,10-11H,7H2,1H3,(H,14,15)/t8-,10-,11+/m1/s1. The predicted octanol–water partition coefficient (Wildman–Crippen LogP) is 2.22. The molecule has 0 heterocycles. The number of amides is 1. The van der Waals surface area contributed by atoms with Crippen molar-refractivity contribution < 1.29 is 9.18 Å². The fraction of sp³-hybridized carbons (Fsp3) is 0.417. The van der Waals surface area contributed by atoms with E-state index in [0.717, 1.165) is 5.56 Å². The maximum atomic E-state index is 12.6. The molecule has 3 heteroatoms. The number of carbonyl (C=O) groups excluding carboxylic acids is 1. The second-order valence-electron chi connectivity index (χ2n) is 4.00. The van der Waals surface area contributed by atoms with Crippen molar-refractivity contribution in [1.82, 2.24) is 5.32 Å². The van der Waals surface area contributed by atoms with Gasteiger partial charge >= 0.3 is 0 Å². The summed E-state index contributed by atoms with van der Waals surface area (Å²) in [5.74, 6) is -0.574. The van der Waals surface area contributed by atoms with Crippen LogP contribution in [-0.2, 0) is 4.79 Å². The number of alkyl halides is 1. The van der Waals surface area contributed by atoms with Gasteiger partial charge in [-0.25, -0.2) is 4.39 Å². The lowest BCUT2D eigenvalue weighted by atomic mass is 10.1. The SMILES string of the molecule is C[C@@H](NC(=O)[C@@H]1C[C@@H]1F)c1ccccc1. The lowest BCUT2D eigenvalue weighted by Gasteiger charge is -2.13. The molecule has 0 unspecified atom stereocenters. The van der Waals surface area contributed by atoms with Gasteiger partial charge in [-0.1, -0.05) is 30.3 Å². The number of nitrogens with one attached hydrogen (secondary N) is 1. The largest absolute Gasteiger partial charge is 0.349 e. The first kappa shape index (κ1) is 10.1. The number of hydrogen-bond donors (Lipinski definition) is 1. The quantitative estimate of drug-likeness (QED) is 0.809. The Morgan fingerprint density at radius 1 is 1.47 bits per heavy atom. The summed E-state index contributed by atoms with van der Waals surface area (Å²) in [5, 5.41) is 2.81. The molecular formula is C12H14FNO. The van der Waals surface area contributed by atoms with E-state index in [1.54, 1.807) is 0 Å². The molecule has 1 aromatic carbocycles. The van der Waals surface area contributed by atoms with Crippen molar-refractivity contribution in [2.24, 2.45) is 5.92 Å². The Bertz CT molecular complexity index is 352. The molecule has 1 aliphatic carbocycles. The molecule has 1 aromatic rings. The summed E-state index contributed by atoms with van der Waals surface area (Å²) in [5.41, 5.74) is 1.04. The first-order valence-electron chi connectivity index (χ1n) is 5.18. The van der Waals surface area contributed by atoms with Gasteiger partial charge in [0.2, 0.25) is 5.91 Å². The van der Waals surface area contributed by atoms with Crippen LogP contribution < -0.4 is 5.32 Å². The lowest BCUT2D eigenvalue weighted by Crippen LogP contribution is -2.28. The van der Waals surface area contributed by atoms with Crippen molar-refractivity contribution in [3.8, 4) is 0 Å². The molecule has 1 amide bonds. The molecule has 0 aliphatic heterocycles. The Morgan fingerprint density at radius 2 is 2.07 bits per heavy atom. The summed E-state index contributed by atoms with van der Waals surface area (Å²) in [6.07, 6.45) is -0.541. The van der Waals surface area contributed by atoms with Crippen molar-refractivity contribution >= 4 is 5.91 Å². The van der Waals surface area contributed by atoms with Crippen LogP contribution in [0.5, 0.6) is 0 Å². The molecule has 0 radical (unpaired) electrons. The van der Waals surface area contributed by atoms with Crippen LogP contribution in [0.2, 0.25) is 0 Å². The Balaban J connectivity index is 1.92. The van der Waals surface area contributed by atoms with E-state index in [-0.39, 0.29) is 11.9 Å². The Hall–Kier alpha value is -1.38. The molecule has 1 aliphatic rings. The topological polar surface area (TPSA) is 29.1 Å². The van der Waals surface area contributed by atoms with Gasteiger partial charge in [0.15, 0.2) is 0 Å². The van der Waals surface area contributed by atoms with Crippen molar-refractivity contribution in [3.05, 3.63) is 35.9 Å². The second kappa shape index (κ2) is 4.01. The van der Waals surface area contributed by atoms with Crippen LogP contribution in [0.3, 0.4) is 0 Å². The molecule has 0 saturated heterocycles. The molecule has 80 valence electrons. The van der Waals surface area contributed by atoms with Crippen LogP contribution in [0, 0.1) is 5.92 Å². The summed E-state index contributed by atoms with van der Waals surface area (Å²) >= 11 is 0. The minimum atomic E-state index is -0.923. The minimum Gasteiger partial charge on any atom is -0.349 e. The Kier molecular flexibility index (Phi) is 2.71. The van der Waals surface area contributed by atoms with Crippen LogP contribution in [0.15, 0.2) is 30.3 Å². The van der Waals surface area contributed by atoms with Gasteiger partial charge in [0.1, 0.15) is 6.17 Å². The fourth-order valence-corrected chi connectivity index (χ4v) is 1.58. The van der Waals surface area contributed by atoms with E-state index in [9.17, 15) is 9.18 Å². The number of halogens is 1. The van der Waals surface area contributed by atoms with E-state index >= 15 is 0 Å². The predicted molar refractivity (Wildman–Crippen MR) is 56.0 cm³/mol. The molecule has 2 rings (SSSR count). The first-order chi connectivity index (χ1) is 7.18. The summed E-state index contributed by atoms with van der Waals surface area (Å²) in [7, 11) is 0. The molecule has 1 saturated carbocycles. The monoisotopic (exact) mass is 207 g/mol. The highest BCUT2D eigenvalue weighted by Gasteiger charge is 2.43. The molecule has 0 bridgehead atoms. The normalized spacial score (nSPS) is 25.7. The summed E-state index contributed by atoms with van der Waals surface area (Å²) in [6, 6.07) is 9.62. The average Bonchev–Trinajstić information content (AvgIpc) is 2.97. The van der Waals surface area contributed by atoms with Crippen LogP contribution in [-0.4, -0.2) is 12.1 Å². The van der Waals surface area contributed by atoms with Gasteiger partial charge in [-0.2, -0.15) is 0 Å². The van der Waals surface area contributed by atoms with Gasteiger partial charge in [0, 0.05) is 0 Å². The first-order valence-corrected chi connectivity index (χ1v) is 5.18. The van der Waals surface area contributed by atoms with E-state index in [0.29, 0.717) is 6.42 Å². The molecule has 1 N–H and O–H groups in total. The summed E-state index contributed by atoms with van der Waals surface area (Å²) < 4.78 is 12.6. The van der Waals surface area contributed by atoms with E-state index in [1.165, 1.54) is 0 Å². The highest BCUT2D eigenvalue weighted by Crippen LogP contribution is 2.34. The minimum absolute atomic E-state index is 0.0495. The van der Waals surface area contributed by atoms with Gasteiger partial charge in [0.25, 0.3) is 0 Å². The zero-order valence-corrected chi connectivity index (χ0v) is 8.61. The maximum absolute atomic E-state index is 12.6. The van der Waals surface area contributed by atoms with Gasteiger partial charge < -0.3 is 5.32 Å². The second-order valence-corrected chi connectivity index (χ2v) is 4.00. The maximum Gasteiger partial charge on any atom is 0.226 e. The number of rotatable bonds is 3. The molecule has 1 fully saturated rings. The number of hydrogen-bond acceptors (Lipinski definition) is 1. The molecular weight excluding hydrogens is 193 g/mol. The van der Waals surface area contributed by atoms with Crippen molar-refractivity contribution in [2.75, 3.05) is 0 Å². The van der Waals surface area contributed by atoms with Crippen LogP contribution in [0.4, 0.5) is 4.39 Å². The van der Waals surface area contributed by atoms with Gasteiger partial charge in [-0.3, -0.25) is 4.79 Å². The van der Waals surface area contributed by atoms with Gasteiger partial charge in [-0.05, 0) is 18.9 Å². The zero-order chi connectivity index (χ0) is 10.8. The third-order valence-electron chi connectivity index (χ3n) is 2.71. The Morgan fingerprint density at radius 3 is 2.60 bits per heavy atom. The third kappa shape index (κ3) is 2.35. The van der Waals surface area contributed by atoms with Gasteiger partial charge in [-0.15, -0.1) is 0 Å². The molecule has 3 atom stereocenters. The highest BCUT2D eigenvalue weighted by molar-refractivity contribution is 5.82. The molecule has 0 spiro atoms. The summed E-state index contributed by atoms with van der Waals surface area (Å²) in [4.78, 5) is 11.4. The van der Waals surface area contributed by atoms with Crippen LogP contribution >= 0.6 is 0 Å². The number of benzene rings is 1. The molecule has 15 heavy (non-hydrogen) atoms. The third-order valence-corrected chi connectivity index (χ3v) is 2.71. The van der Waals surface area contributed by atoms with E-state index in [4.69, 9.17) is 0 Å². The van der Waals surface area contributed by atoms with E-state index < -0.39 is 12.1 Å². The van der Waals surface area contributed by atoms with Gasteiger partial charge in [0.05, 0.1) is 12.0 Å². The van der Waals surface area contributed by atoms with E-state index in [2.05, 4.69) is 5.32 Å². The van der Waals surface area contributed by atoms with Crippen molar-refractivity contribution in [1.29, 1.82) is 0 Å². The fourth-order valence-electron chi connectivity index (χ4n) is 1.58. The molecule has 0 aromatic heterocycles. The van der Waals surface area contributed by atoms with Crippen LogP contribution in [0.25, 0.3) is 0 Å². The number of carbonyl (C=O) groups is 1. The van der Waals surface area contributed by atoms with E-state index in [1.807, 2.05) is 37.3 Å². The smallest absolute Gasteiger partial charge is 0.226 e. The van der Waals surface area contributed by atoms with Crippen molar-refractivity contribution in [2.45, 2.75) is 25.6 Å².